The topological polar surface area (TPSA) is 87.7 Å². The average Bonchev–Trinajstić information content (AvgIpc) is 3.24. The Morgan fingerprint density at radius 3 is 2.87 bits per heavy atom. The SMILES string of the molecule is N#CC1=C(N2CC[C@@H](n3nccn3)C2)c2ccncc2CC1=O. The third kappa shape index (κ3) is 2.19. The first-order valence-corrected chi connectivity index (χ1v) is 7.49. The van der Waals surface area contributed by atoms with Crippen molar-refractivity contribution in [3.05, 3.63) is 47.6 Å². The lowest BCUT2D eigenvalue weighted by Gasteiger charge is -2.27. The van der Waals surface area contributed by atoms with E-state index in [9.17, 15) is 10.1 Å². The minimum Gasteiger partial charge on any atom is -0.368 e. The van der Waals surface area contributed by atoms with E-state index < -0.39 is 0 Å². The Morgan fingerprint density at radius 2 is 2.09 bits per heavy atom. The molecule has 1 aliphatic heterocycles. The van der Waals surface area contributed by atoms with Crippen LogP contribution in [-0.2, 0) is 11.2 Å². The highest BCUT2D eigenvalue weighted by Gasteiger charge is 2.34. The van der Waals surface area contributed by atoms with E-state index in [0.29, 0.717) is 6.54 Å². The van der Waals surface area contributed by atoms with Crippen LogP contribution in [0.25, 0.3) is 5.70 Å². The molecule has 0 aromatic carbocycles. The summed E-state index contributed by atoms with van der Waals surface area (Å²) < 4.78 is 0. The van der Waals surface area contributed by atoms with Gasteiger partial charge >= 0.3 is 0 Å². The molecule has 3 heterocycles. The third-order valence-corrected chi connectivity index (χ3v) is 4.38. The summed E-state index contributed by atoms with van der Waals surface area (Å²) in [5, 5.41) is 17.9. The van der Waals surface area contributed by atoms with Gasteiger partial charge in [0, 0.05) is 37.5 Å². The van der Waals surface area contributed by atoms with E-state index >= 15 is 0 Å². The molecule has 1 fully saturated rings. The lowest BCUT2D eigenvalue weighted by molar-refractivity contribution is -0.114. The molecule has 1 aliphatic carbocycles. The summed E-state index contributed by atoms with van der Waals surface area (Å²) in [5.74, 6) is -0.135. The molecule has 1 saturated heterocycles. The summed E-state index contributed by atoms with van der Waals surface area (Å²) >= 11 is 0. The van der Waals surface area contributed by atoms with Crippen LogP contribution in [0.3, 0.4) is 0 Å². The highest BCUT2D eigenvalue weighted by Crippen LogP contribution is 2.35. The molecule has 0 spiro atoms. The number of aromatic nitrogens is 4. The van der Waals surface area contributed by atoms with Crippen LogP contribution in [0.4, 0.5) is 0 Å². The molecule has 0 amide bonds. The first-order valence-electron chi connectivity index (χ1n) is 7.49. The van der Waals surface area contributed by atoms with Crippen LogP contribution in [0.1, 0.15) is 23.6 Å². The van der Waals surface area contributed by atoms with E-state index in [-0.39, 0.29) is 23.8 Å². The first-order chi connectivity index (χ1) is 11.3. The zero-order valence-corrected chi connectivity index (χ0v) is 12.4. The second kappa shape index (κ2) is 5.32. The predicted molar refractivity (Wildman–Crippen MR) is 80.7 cm³/mol. The quantitative estimate of drug-likeness (QED) is 0.822. The van der Waals surface area contributed by atoms with Crippen LogP contribution in [0, 0.1) is 11.3 Å². The van der Waals surface area contributed by atoms with Gasteiger partial charge in [0.2, 0.25) is 0 Å². The molecule has 1 atom stereocenters. The molecule has 114 valence electrons. The Kier molecular flexibility index (Phi) is 3.15. The molecule has 2 aromatic heterocycles. The average molecular weight is 306 g/mol. The van der Waals surface area contributed by atoms with Gasteiger partial charge in [-0.05, 0) is 18.1 Å². The number of rotatable bonds is 2. The fraction of sp³-hybridized carbons (Fsp3) is 0.312. The number of pyridine rings is 1. The zero-order chi connectivity index (χ0) is 15.8. The molecule has 0 saturated carbocycles. The van der Waals surface area contributed by atoms with Crippen molar-refractivity contribution in [1.82, 2.24) is 24.9 Å². The van der Waals surface area contributed by atoms with Crippen molar-refractivity contribution in [3.8, 4) is 6.07 Å². The molecule has 0 radical (unpaired) electrons. The molecule has 4 rings (SSSR count). The summed E-state index contributed by atoms with van der Waals surface area (Å²) in [6.07, 6.45) is 7.86. The molecule has 0 bridgehead atoms. The van der Waals surface area contributed by atoms with Crippen molar-refractivity contribution in [2.24, 2.45) is 0 Å². The number of hydrogen-bond donors (Lipinski definition) is 0. The fourth-order valence-corrected chi connectivity index (χ4v) is 3.32. The molecule has 2 aliphatic rings. The van der Waals surface area contributed by atoms with Gasteiger partial charge in [-0.2, -0.15) is 20.3 Å². The van der Waals surface area contributed by atoms with Crippen molar-refractivity contribution in [3.63, 3.8) is 0 Å². The summed E-state index contributed by atoms with van der Waals surface area (Å²) in [6, 6.07) is 4.14. The Labute approximate surface area is 132 Å². The lowest BCUT2D eigenvalue weighted by Crippen LogP contribution is -2.27. The number of carbonyl (C=O) groups excluding carboxylic acids is 1. The third-order valence-electron chi connectivity index (χ3n) is 4.38. The number of fused-ring (bicyclic) bond motifs is 1. The van der Waals surface area contributed by atoms with Crippen molar-refractivity contribution in [2.45, 2.75) is 18.9 Å². The Balaban J connectivity index is 1.74. The van der Waals surface area contributed by atoms with Gasteiger partial charge in [-0.25, -0.2) is 0 Å². The van der Waals surface area contributed by atoms with E-state index in [4.69, 9.17) is 0 Å². The molecule has 23 heavy (non-hydrogen) atoms. The molecular formula is C16H14N6O. The highest BCUT2D eigenvalue weighted by atomic mass is 16.1. The number of likely N-dealkylation sites (tertiary alicyclic amines) is 1. The number of nitriles is 1. The number of carbonyl (C=O) groups is 1. The van der Waals surface area contributed by atoms with Crippen LogP contribution in [0.15, 0.2) is 36.4 Å². The molecule has 0 N–H and O–H groups in total. The summed E-state index contributed by atoms with van der Waals surface area (Å²) in [7, 11) is 0. The Bertz CT molecular complexity index is 833. The maximum Gasteiger partial charge on any atom is 0.179 e. The molecule has 2 aromatic rings. The van der Waals surface area contributed by atoms with Crippen LogP contribution < -0.4 is 0 Å². The van der Waals surface area contributed by atoms with Crippen molar-refractivity contribution in [1.29, 1.82) is 5.26 Å². The monoisotopic (exact) mass is 306 g/mol. The predicted octanol–water partition coefficient (Wildman–Crippen LogP) is 0.980. The summed E-state index contributed by atoms with van der Waals surface area (Å²) in [4.78, 5) is 20.2. The van der Waals surface area contributed by atoms with Gasteiger partial charge in [-0.15, -0.1) is 0 Å². The highest BCUT2D eigenvalue weighted by molar-refractivity contribution is 6.09. The largest absolute Gasteiger partial charge is 0.368 e. The van der Waals surface area contributed by atoms with Gasteiger partial charge in [0.05, 0.1) is 24.1 Å². The maximum absolute atomic E-state index is 12.3. The van der Waals surface area contributed by atoms with E-state index in [1.165, 1.54) is 0 Å². The zero-order valence-electron chi connectivity index (χ0n) is 12.4. The Hall–Kier alpha value is -3.01. The summed E-state index contributed by atoms with van der Waals surface area (Å²) in [5.41, 5.74) is 2.80. The van der Waals surface area contributed by atoms with Gasteiger partial charge in [0.15, 0.2) is 5.78 Å². The number of ketones is 1. The number of Topliss-reactive ketones (excluding diaryl/α,β-unsaturated/α-hetero) is 1. The van der Waals surface area contributed by atoms with Gasteiger partial charge in [0.1, 0.15) is 11.6 Å². The van der Waals surface area contributed by atoms with Crippen LogP contribution in [-0.4, -0.2) is 43.8 Å². The van der Waals surface area contributed by atoms with Gasteiger partial charge < -0.3 is 4.90 Å². The van der Waals surface area contributed by atoms with Crippen LogP contribution in [0.5, 0.6) is 0 Å². The smallest absolute Gasteiger partial charge is 0.179 e. The minimum atomic E-state index is -0.135. The fourth-order valence-electron chi connectivity index (χ4n) is 3.32. The standard InChI is InChI=1S/C16H14N6O/c17-8-14-15(23)7-11-9-18-3-1-13(11)16(14)21-6-2-12(10-21)22-19-4-5-20-22/h1,3-5,9,12H,2,6-7,10H2/t12-/m1/s1. The van der Waals surface area contributed by atoms with Crippen molar-refractivity contribution in [2.75, 3.05) is 13.1 Å². The van der Waals surface area contributed by atoms with Gasteiger partial charge in [-0.3, -0.25) is 9.78 Å². The molecule has 0 unspecified atom stereocenters. The van der Waals surface area contributed by atoms with Crippen molar-refractivity contribution < 1.29 is 4.79 Å². The second-order valence-electron chi connectivity index (χ2n) is 5.71. The maximum atomic E-state index is 12.3. The van der Waals surface area contributed by atoms with Crippen molar-refractivity contribution >= 4 is 11.5 Å². The van der Waals surface area contributed by atoms with E-state index in [1.807, 2.05) is 6.07 Å². The van der Waals surface area contributed by atoms with Crippen LogP contribution >= 0.6 is 0 Å². The number of hydrogen-bond acceptors (Lipinski definition) is 6. The van der Waals surface area contributed by atoms with Crippen LogP contribution in [0.2, 0.25) is 0 Å². The molecular weight excluding hydrogens is 292 g/mol. The molecule has 7 heteroatoms. The number of nitrogens with zero attached hydrogens (tertiary/aromatic N) is 6. The van der Waals surface area contributed by atoms with E-state index in [1.54, 1.807) is 29.6 Å². The summed E-state index contributed by atoms with van der Waals surface area (Å²) in [6.45, 7) is 1.45. The normalized spacial score (nSPS) is 20.6. The number of allylic oxidation sites excluding steroid dienone is 1. The van der Waals surface area contributed by atoms with Gasteiger partial charge in [-0.1, -0.05) is 0 Å². The molecule has 7 nitrogen and oxygen atoms in total. The lowest BCUT2D eigenvalue weighted by atomic mass is 9.89. The van der Waals surface area contributed by atoms with Gasteiger partial charge in [0.25, 0.3) is 0 Å². The minimum absolute atomic E-state index is 0.135. The first kappa shape index (κ1) is 13.6. The van der Waals surface area contributed by atoms with E-state index in [2.05, 4.69) is 26.2 Å². The Morgan fingerprint density at radius 1 is 1.26 bits per heavy atom. The second-order valence-corrected chi connectivity index (χ2v) is 5.71. The van der Waals surface area contributed by atoms with E-state index in [0.717, 1.165) is 29.8 Å².